The molecule has 1 atom stereocenters. The second-order valence-electron chi connectivity index (χ2n) is 4.63. The number of hydrogen-bond donors (Lipinski definition) is 2. The Morgan fingerprint density at radius 3 is 2.65 bits per heavy atom. The minimum absolute atomic E-state index is 0.248. The topological polar surface area (TPSA) is 41.5 Å². The number of hydrogen-bond acceptors (Lipinski definition) is 3. The lowest BCUT2D eigenvalue weighted by atomic mass is 9.94. The van der Waals surface area contributed by atoms with E-state index in [-0.39, 0.29) is 6.10 Å². The summed E-state index contributed by atoms with van der Waals surface area (Å²) in [5.41, 5.74) is 1.26. The fraction of sp³-hybridized carbons (Fsp3) is 0.571. The molecule has 2 N–H and O–H groups in total. The first-order chi connectivity index (χ1) is 8.36. The molecule has 0 spiro atoms. The Kier molecular flexibility index (Phi) is 4.98. The second kappa shape index (κ2) is 6.74. The zero-order chi connectivity index (χ0) is 11.9. The van der Waals surface area contributed by atoms with Crippen molar-refractivity contribution in [2.45, 2.75) is 25.5 Å². The van der Waals surface area contributed by atoms with Gasteiger partial charge in [-0.3, -0.25) is 0 Å². The van der Waals surface area contributed by atoms with E-state index in [9.17, 15) is 5.11 Å². The molecule has 1 heterocycles. The maximum atomic E-state index is 10.0. The fourth-order valence-corrected chi connectivity index (χ4v) is 2.23. The van der Waals surface area contributed by atoms with Crippen molar-refractivity contribution < 1.29 is 9.84 Å². The third-order valence-corrected chi connectivity index (χ3v) is 3.34. The van der Waals surface area contributed by atoms with E-state index in [1.165, 1.54) is 5.56 Å². The van der Waals surface area contributed by atoms with Crippen molar-refractivity contribution >= 4 is 0 Å². The summed E-state index contributed by atoms with van der Waals surface area (Å²) >= 11 is 0. The van der Waals surface area contributed by atoms with Gasteiger partial charge in [-0.05, 0) is 24.3 Å². The molecule has 1 aromatic carbocycles. The zero-order valence-electron chi connectivity index (χ0n) is 10.1. The quantitative estimate of drug-likeness (QED) is 0.814. The molecule has 1 unspecified atom stereocenters. The van der Waals surface area contributed by atoms with E-state index >= 15 is 0 Å². The number of ether oxygens (including phenoxy) is 1. The summed E-state index contributed by atoms with van der Waals surface area (Å²) < 4.78 is 5.29. The highest BCUT2D eigenvalue weighted by atomic mass is 16.5. The maximum absolute atomic E-state index is 10.0. The standard InChI is InChI=1S/C14H21NO2/c16-14(13-6-8-17-9-7-13)11-15-10-12-4-2-1-3-5-12/h1-5,13-16H,6-11H2. The van der Waals surface area contributed by atoms with E-state index < -0.39 is 0 Å². The molecule has 1 aromatic rings. The van der Waals surface area contributed by atoms with Crippen molar-refractivity contribution in [3.63, 3.8) is 0 Å². The Hall–Kier alpha value is -0.900. The third-order valence-electron chi connectivity index (χ3n) is 3.34. The van der Waals surface area contributed by atoms with E-state index in [1.807, 2.05) is 18.2 Å². The third kappa shape index (κ3) is 4.11. The maximum Gasteiger partial charge on any atom is 0.0694 e. The molecule has 0 aromatic heterocycles. The number of benzene rings is 1. The van der Waals surface area contributed by atoms with Crippen molar-refractivity contribution in [2.24, 2.45) is 5.92 Å². The summed E-state index contributed by atoms with van der Waals surface area (Å²) in [4.78, 5) is 0. The molecule has 0 aliphatic carbocycles. The fourth-order valence-electron chi connectivity index (χ4n) is 2.23. The summed E-state index contributed by atoms with van der Waals surface area (Å²) in [5.74, 6) is 0.395. The van der Waals surface area contributed by atoms with Gasteiger partial charge in [0, 0.05) is 26.3 Å². The van der Waals surface area contributed by atoms with Crippen LogP contribution in [0.3, 0.4) is 0 Å². The lowest BCUT2D eigenvalue weighted by Gasteiger charge is -2.26. The lowest BCUT2D eigenvalue weighted by Crippen LogP contribution is -2.35. The Bertz CT molecular complexity index is 309. The first-order valence-corrected chi connectivity index (χ1v) is 6.36. The van der Waals surface area contributed by atoms with Crippen LogP contribution in [0, 0.1) is 5.92 Å². The van der Waals surface area contributed by atoms with Gasteiger partial charge in [-0.2, -0.15) is 0 Å². The highest BCUT2D eigenvalue weighted by Crippen LogP contribution is 2.18. The van der Waals surface area contributed by atoms with Gasteiger partial charge >= 0.3 is 0 Å². The van der Waals surface area contributed by atoms with Crippen LogP contribution in [0.25, 0.3) is 0 Å². The largest absolute Gasteiger partial charge is 0.392 e. The van der Waals surface area contributed by atoms with Crippen LogP contribution in [0.4, 0.5) is 0 Å². The van der Waals surface area contributed by atoms with Crippen molar-refractivity contribution in [1.29, 1.82) is 0 Å². The minimum Gasteiger partial charge on any atom is -0.392 e. The highest BCUT2D eigenvalue weighted by Gasteiger charge is 2.21. The van der Waals surface area contributed by atoms with Crippen LogP contribution in [0.15, 0.2) is 30.3 Å². The first kappa shape index (κ1) is 12.6. The van der Waals surface area contributed by atoms with Crippen molar-refractivity contribution in [3.8, 4) is 0 Å². The Morgan fingerprint density at radius 2 is 1.94 bits per heavy atom. The molecule has 3 heteroatoms. The van der Waals surface area contributed by atoms with Gasteiger partial charge in [0.15, 0.2) is 0 Å². The van der Waals surface area contributed by atoms with E-state index in [0.717, 1.165) is 32.6 Å². The molecule has 1 fully saturated rings. The normalized spacial score (nSPS) is 19.1. The molecular weight excluding hydrogens is 214 g/mol. The Labute approximate surface area is 103 Å². The summed E-state index contributed by atoms with van der Waals surface area (Å²) in [6.07, 6.45) is 1.71. The first-order valence-electron chi connectivity index (χ1n) is 6.36. The van der Waals surface area contributed by atoms with Gasteiger partial charge in [-0.25, -0.2) is 0 Å². The van der Waals surface area contributed by atoms with Crippen LogP contribution in [0.1, 0.15) is 18.4 Å². The van der Waals surface area contributed by atoms with E-state index in [4.69, 9.17) is 4.74 Å². The molecule has 2 rings (SSSR count). The molecule has 0 saturated carbocycles. The van der Waals surface area contributed by atoms with E-state index in [0.29, 0.717) is 12.5 Å². The molecule has 0 bridgehead atoms. The second-order valence-corrected chi connectivity index (χ2v) is 4.63. The van der Waals surface area contributed by atoms with E-state index in [1.54, 1.807) is 0 Å². The van der Waals surface area contributed by atoms with Crippen molar-refractivity contribution in [3.05, 3.63) is 35.9 Å². The predicted molar refractivity (Wildman–Crippen MR) is 67.7 cm³/mol. The molecule has 1 aliphatic heterocycles. The summed E-state index contributed by atoms with van der Waals surface area (Å²) in [6, 6.07) is 10.3. The van der Waals surface area contributed by atoms with Crippen LogP contribution in [0.5, 0.6) is 0 Å². The van der Waals surface area contributed by atoms with Crippen LogP contribution in [-0.4, -0.2) is 31.0 Å². The lowest BCUT2D eigenvalue weighted by molar-refractivity contribution is 0.00846. The van der Waals surface area contributed by atoms with E-state index in [2.05, 4.69) is 17.4 Å². The average molecular weight is 235 g/mol. The molecule has 17 heavy (non-hydrogen) atoms. The molecule has 3 nitrogen and oxygen atoms in total. The average Bonchev–Trinajstić information content (AvgIpc) is 2.41. The van der Waals surface area contributed by atoms with Gasteiger partial charge in [0.05, 0.1) is 6.10 Å². The summed E-state index contributed by atoms with van der Waals surface area (Å²) in [7, 11) is 0. The van der Waals surface area contributed by atoms with Crippen molar-refractivity contribution in [1.82, 2.24) is 5.32 Å². The predicted octanol–water partition coefficient (Wildman–Crippen LogP) is 1.56. The summed E-state index contributed by atoms with van der Waals surface area (Å²) in [5, 5.41) is 13.3. The number of rotatable bonds is 5. The van der Waals surface area contributed by atoms with Gasteiger partial charge in [-0.1, -0.05) is 30.3 Å². The Morgan fingerprint density at radius 1 is 1.24 bits per heavy atom. The Balaban J connectivity index is 1.67. The van der Waals surface area contributed by atoms with Gasteiger partial charge in [0.1, 0.15) is 0 Å². The van der Waals surface area contributed by atoms with Crippen LogP contribution < -0.4 is 5.32 Å². The van der Waals surface area contributed by atoms with Crippen LogP contribution in [-0.2, 0) is 11.3 Å². The molecular formula is C14H21NO2. The monoisotopic (exact) mass is 235 g/mol. The number of nitrogens with one attached hydrogen (secondary N) is 1. The summed E-state index contributed by atoms with van der Waals surface area (Å²) in [6.45, 7) is 3.07. The SMILES string of the molecule is OC(CNCc1ccccc1)C1CCOCC1. The zero-order valence-corrected chi connectivity index (χ0v) is 10.1. The van der Waals surface area contributed by atoms with Gasteiger partial charge in [0.25, 0.3) is 0 Å². The minimum atomic E-state index is -0.248. The van der Waals surface area contributed by atoms with Gasteiger partial charge in [-0.15, -0.1) is 0 Å². The van der Waals surface area contributed by atoms with Crippen LogP contribution >= 0.6 is 0 Å². The smallest absolute Gasteiger partial charge is 0.0694 e. The number of aliphatic hydroxyl groups excluding tert-OH is 1. The molecule has 94 valence electrons. The molecule has 0 amide bonds. The highest BCUT2D eigenvalue weighted by molar-refractivity contribution is 5.14. The molecule has 0 radical (unpaired) electrons. The number of aliphatic hydroxyl groups is 1. The molecule has 1 saturated heterocycles. The molecule has 1 aliphatic rings. The van der Waals surface area contributed by atoms with Gasteiger partial charge < -0.3 is 15.2 Å². The van der Waals surface area contributed by atoms with Crippen LogP contribution in [0.2, 0.25) is 0 Å². The van der Waals surface area contributed by atoms with Crippen molar-refractivity contribution in [2.75, 3.05) is 19.8 Å². The van der Waals surface area contributed by atoms with Gasteiger partial charge in [0.2, 0.25) is 0 Å².